The number of pyridine rings is 1. The standard InChI is InChI=1S/C12H6N2O5/c15-9-4-1-2-13-7(4)5-3-6(12(18)19)11(17)14-8(5)10(9)16/h1-3,13H,(H,14,17)(H,18,19). The number of fused-ring (bicyclic) bond motifs is 3. The third-order valence-corrected chi connectivity index (χ3v) is 2.97. The summed E-state index contributed by atoms with van der Waals surface area (Å²) in [5.74, 6) is -2.99. The van der Waals surface area contributed by atoms with E-state index in [1.807, 2.05) is 0 Å². The van der Waals surface area contributed by atoms with Gasteiger partial charge < -0.3 is 15.1 Å². The summed E-state index contributed by atoms with van der Waals surface area (Å²) < 4.78 is 0. The van der Waals surface area contributed by atoms with E-state index in [0.29, 0.717) is 5.69 Å². The van der Waals surface area contributed by atoms with Crippen LogP contribution in [0.25, 0.3) is 11.3 Å². The number of carbonyl (C=O) groups excluding carboxylic acids is 2. The normalized spacial score (nSPS) is 13.1. The highest BCUT2D eigenvalue weighted by Crippen LogP contribution is 2.30. The maximum Gasteiger partial charge on any atom is 0.341 e. The molecule has 0 aromatic carbocycles. The topological polar surface area (TPSA) is 120 Å². The van der Waals surface area contributed by atoms with Crippen molar-refractivity contribution >= 4 is 17.5 Å². The highest BCUT2D eigenvalue weighted by Gasteiger charge is 2.33. The molecule has 0 bridgehead atoms. The quantitative estimate of drug-likeness (QED) is 0.641. The van der Waals surface area contributed by atoms with Gasteiger partial charge in [-0.05, 0) is 12.1 Å². The molecule has 3 N–H and O–H groups in total. The van der Waals surface area contributed by atoms with Crippen LogP contribution in [0.4, 0.5) is 0 Å². The minimum atomic E-state index is -1.40. The number of rotatable bonds is 1. The van der Waals surface area contributed by atoms with Crippen LogP contribution in [0.15, 0.2) is 23.1 Å². The SMILES string of the molecule is O=C1C(=O)c2[nH]c(=O)c(C(=O)O)cc2-c2[nH]ccc21. The fraction of sp³-hybridized carbons (Fsp3) is 0. The highest BCUT2D eigenvalue weighted by molar-refractivity contribution is 6.52. The number of carboxylic acid groups (broad SMARTS) is 1. The minimum absolute atomic E-state index is 0.167. The van der Waals surface area contributed by atoms with Gasteiger partial charge in [-0.25, -0.2) is 4.79 Å². The molecule has 0 saturated carbocycles. The van der Waals surface area contributed by atoms with Gasteiger partial charge in [0.25, 0.3) is 11.3 Å². The van der Waals surface area contributed by atoms with Gasteiger partial charge in [0.1, 0.15) is 11.3 Å². The van der Waals surface area contributed by atoms with Crippen molar-refractivity contribution in [1.82, 2.24) is 9.97 Å². The van der Waals surface area contributed by atoms with Crippen molar-refractivity contribution in [3.05, 3.63) is 45.5 Å². The van der Waals surface area contributed by atoms with Gasteiger partial charge in [-0.1, -0.05) is 0 Å². The van der Waals surface area contributed by atoms with E-state index in [-0.39, 0.29) is 16.8 Å². The van der Waals surface area contributed by atoms with Crippen LogP contribution < -0.4 is 5.56 Å². The van der Waals surface area contributed by atoms with E-state index in [2.05, 4.69) is 9.97 Å². The molecular weight excluding hydrogens is 252 g/mol. The van der Waals surface area contributed by atoms with E-state index in [9.17, 15) is 19.2 Å². The van der Waals surface area contributed by atoms with Crippen molar-refractivity contribution in [1.29, 1.82) is 0 Å². The number of Topliss-reactive ketones (excluding diaryl/α,β-unsaturated/α-hetero) is 2. The van der Waals surface area contributed by atoms with Crippen molar-refractivity contribution in [2.24, 2.45) is 0 Å². The summed E-state index contributed by atoms with van der Waals surface area (Å²) >= 11 is 0. The van der Waals surface area contributed by atoms with Gasteiger partial charge in [-0.3, -0.25) is 14.4 Å². The maximum atomic E-state index is 11.8. The molecule has 0 fully saturated rings. The number of carbonyl (C=O) groups is 3. The molecule has 0 amide bonds. The van der Waals surface area contributed by atoms with Crippen molar-refractivity contribution < 1.29 is 19.5 Å². The van der Waals surface area contributed by atoms with Crippen LogP contribution in [0.3, 0.4) is 0 Å². The predicted molar refractivity (Wildman–Crippen MR) is 62.5 cm³/mol. The van der Waals surface area contributed by atoms with Crippen LogP contribution in [-0.4, -0.2) is 32.6 Å². The van der Waals surface area contributed by atoms with E-state index in [0.717, 1.165) is 6.07 Å². The molecule has 2 heterocycles. The first-order valence-electron chi connectivity index (χ1n) is 5.28. The van der Waals surface area contributed by atoms with Crippen LogP contribution in [-0.2, 0) is 0 Å². The predicted octanol–water partition coefficient (Wildman–Crippen LogP) is 0.447. The van der Waals surface area contributed by atoms with Gasteiger partial charge in [0.05, 0.1) is 11.3 Å². The van der Waals surface area contributed by atoms with Crippen molar-refractivity contribution in [2.45, 2.75) is 0 Å². The molecule has 1 aliphatic rings. The van der Waals surface area contributed by atoms with E-state index in [4.69, 9.17) is 5.11 Å². The smallest absolute Gasteiger partial charge is 0.341 e. The number of aromatic nitrogens is 2. The molecule has 7 nitrogen and oxygen atoms in total. The zero-order valence-electron chi connectivity index (χ0n) is 9.31. The molecule has 19 heavy (non-hydrogen) atoms. The molecular formula is C12H6N2O5. The van der Waals surface area contributed by atoms with Crippen LogP contribution >= 0.6 is 0 Å². The highest BCUT2D eigenvalue weighted by atomic mass is 16.4. The van der Waals surface area contributed by atoms with E-state index >= 15 is 0 Å². The Morgan fingerprint density at radius 2 is 1.79 bits per heavy atom. The fourth-order valence-electron chi connectivity index (χ4n) is 2.08. The summed E-state index contributed by atoms with van der Waals surface area (Å²) in [5, 5.41) is 8.90. The number of aromatic carboxylic acids is 1. The summed E-state index contributed by atoms with van der Waals surface area (Å²) in [6.07, 6.45) is 1.47. The molecule has 7 heteroatoms. The molecule has 0 spiro atoms. The second kappa shape index (κ2) is 3.52. The van der Waals surface area contributed by atoms with Crippen LogP contribution in [0.1, 0.15) is 31.2 Å². The molecule has 2 aromatic rings. The second-order valence-corrected chi connectivity index (χ2v) is 4.03. The lowest BCUT2D eigenvalue weighted by atomic mass is 9.91. The Kier molecular flexibility index (Phi) is 2.06. The van der Waals surface area contributed by atoms with Crippen molar-refractivity contribution in [3.8, 4) is 11.3 Å². The lowest BCUT2D eigenvalue weighted by molar-refractivity contribution is 0.0694. The van der Waals surface area contributed by atoms with E-state index < -0.39 is 28.7 Å². The Balaban J connectivity index is 2.41. The number of hydrogen-bond acceptors (Lipinski definition) is 4. The number of hydrogen-bond donors (Lipinski definition) is 3. The monoisotopic (exact) mass is 258 g/mol. The third kappa shape index (κ3) is 1.38. The molecule has 0 unspecified atom stereocenters. The zero-order valence-corrected chi connectivity index (χ0v) is 9.31. The summed E-state index contributed by atoms with van der Waals surface area (Å²) in [7, 11) is 0. The van der Waals surface area contributed by atoms with Gasteiger partial charge in [-0.2, -0.15) is 0 Å². The molecule has 1 aliphatic carbocycles. The molecule has 94 valence electrons. The molecule has 3 rings (SSSR count). The summed E-state index contributed by atoms with van der Waals surface area (Å²) in [5.41, 5.74) is -0.875. The molecule has 2 aromatic heterocycles. The fourth-order valence-corrected chi connectivity index (χ4v) is 2.08. The first-order valence-corrected chi connectivity index (χ1v) is 5.28. The molecule has 0 saturated heterocycles. The third-order valence-electron chi connectivity index (χ3n) is 2.97. The Morgan fingerprint density at radius 1 is 1.05 bits per heavy atom. The van der Waals surface area contributed by atoms with Gasteiger partial charge >= 0.3 is 5.97 Å². The maximum absolute atomic E-state index is 11.8. The Hall–Kier alpha value is -2.96. The summed E-state index contributed by atoms with van der Waals surface area (Å²) in [6.45, 7) is 0. The van der Waals surface area contributed by atoms with Crippen molar-refractivity contribution in [2.75, 3.05) is 0 Å². The van der Waals surface area contributed by atoms with Crippen LogP contribution in [0.5, 0.6) is 0 Å². The number of nitrogens with one attached hydrogen (secondary N) is 2. The second-order valence-electron chi connectivity index (χ2n) is 4.03. The molecule has 0 aliphatic heterocycles. The lowest BCUT2D eigenvalue weighted by Crippen LogP contribution is -2.28. The van der Waals surface area contributed by atoms with Gasteiger partial charge in [0, 0.05) is 11.8 Å². The van der Waals surface area contributed by atoms with Gasteiger partial charge in [0.15, 0.2) is 0 Å². The van der Waals surface area contributed by atoms with Gasteiger partial charge in [0.2, 0.25) is 5.78 Å². The van der Waals surface area contributed by atoms with Crippen LogP contribution in [0, 0.1) is 0 Å². The Labute approximate surface area is 104 Å². The average Bonchev–Trinajstić information content (AvgIpc) is 2.84. The molecule has 0 radical (unpaired) electrons. The first kappa shape index (κ1) is 11.1. The van der Waals surface area contributed by atoms with Crippen LogP contribution in [0.2, 0.25) is 0 Å². The summed E-state index contributed by atoms with van der Waals surface area (Å²) in [4.78, 5) is 51.0. The lowest BCUT2D eigenvalue weighted by Gasteiger charge is -2.14. The van der Waals surface area contributed by atoms with Crippen molar-refractivity contribution in [3.63, 3.8) is 0 Å². The van der Waals surface area contributed by atoms with Gasteiger partial charge in [-0.15, -0.1) is 0 Å². The Bertz CT molecular complexity index is 812. The van der Waals surface area contributed by atoms with E-state index in [1.165, 1.54) is 12.3 Å². The average molecular weight is 258 g/mol. The zero-order chi connectivity index (χ0) is 13.7. The summed E-state index contributed by atoms with van der Waals surface area (Å²) in [6, 6.07) is 2.53. The Morgan fingerprint density at radius 3 is 2.47 bits per heavy atom. The molecule has 0 atom stereocenters. The number of aromatic amines is 2. The number of H-pyrrole nitrogens is 2. The number of ketones is 2. The largest absolute Gasteiger partial charge is 0.477 e. The number of carboxylic acids is 1. The van der Waals surface area contributed by atoms with E-state index in [1.54, 1.807) is 0 Å². The first-order chi connectivity index (χ1) is 9.00. The minimum Gasteiger partial charge on any atom is -0.477 e.